The zero-order valence-corrected chi connectivity index (χ0v) is 24.3. The van der Waals surface area contributed by atoms with Gasteiger partial charge in [-0.15, -0.1) is 0 Å². The maximum absolute atomic E-state index is 11.0. The van der Waals surface area contributed by atoms with Crippen molar-refractivity contribution < 1.29 is 9.34 Å². The number of anilines is 1. The molecule has 7 nitrogen and oxygen atoms in total. The van der Waals surface area contributed by atoms with Gasteiger partial charge in [0.2, 0.25) is 0 Å². The lowest BCUT2D eigenvalue weighted by Gasteiger charge is -2.26. The van der Waals surface area contributed by atoms with Crippen LogP contribution in [0.25, 0.3) is 0 Å². The summed E-state index contributed by atoms with van der Waals surface area (Å²) in [5, 5.41) is 15.8. The van der Waals surface area contributed by atoms with Crippen LogP contribution in [0.5, 0.6) is 0 Å². The van der Waals surface area contributed by atoms with Crippen molar-refractivity contribution in [2.24, 2.45) is 0 Å². The lowest BCUT2D eigenvalue weighted by Crippen LogP contribution is -2.29. The number of aryl methyl sites for hydroxylation is 1. The van der Waals surface area contributed by atoms with E-state index in [0.29, 0.717) is 5.11 Å². The molecular formula is C31H24N4O3S3. The van der Waals surface area contributed by atoms with E-state index in [4.69, 9.17) is 16.6 Å². The van der Waals surface area contributed by atoms with Crippen molar-refractivity contribution in [1.29, 1.82) is 0 Å². The topological polar surface area (TPSA) is 84.4 Å². The van der Waals surface area contributed by atoms with E-state index >= 15 is 0 Å². The summed E-state index contributed by atoms with van der Waals surface area (Å²) < 4.78 is 6.42. The van der Waals surface area contributed by atoms with E-state index in [9.17, 15) is 10.1 Å². The zero-order chi connectivity index (χ0) is 28.3. The summed E-state index contributed by atoms with van der Waals surface area (Å²) in [6.45, 7) is 2.07. The first kappa shape index (κ1) is 27.1. The number of thiocarbonyl (C=S) groups is 1. The molecule has 1 aliphatic heterocycles. The van der Waals surface area contributed by atoms with Crippen molar-refractivity contribution in [3.05, 3.63) is 136 Å². The van der Waals surface area contributed by atoms with Crippen LogP contribution in [-0.4, -0.2) is 15.0 Å². The fraction of sp³-hybridized carbons (Fsp3) is 0.0968. The van der Waals surface area contributed by atoms with E-state index in [1.807, 2.05) is 54.6 Å². The standard InChI is InChI=1S/C31H24N4O3S3/c1-20-5-11-25(12-6-20)41-28-18-17-27(38-28)30-29(26-4-2-3-19-32-26)33-31(39)34(30)21-7-13-23(14-8-21)40-24-15-9-22(10-16-24)35(36)37/h2-19,29-30H,1H3,(H,33,39). The van der Waals surface area contributed by atoms with Crippen LogP contribution < -0.4 is 10.2 Å². The maximum Gasteiger partial charge on any atom is 0.269 e. The van der Waals surface area contributed by atoms with Gasteiger partial charge in [0.05, 0.1) is 16.7 Å². The largest absolute Gasteiger partial charge is 0.452 e. The van der Waals surface area contributed by atoms with Gasteiger partial charge in [0, 0.05) is 38.7 Å². The van der Waals surface area contributed by atoms with E-state index in [1.54, 1.807) is 30.1 Å². The number of nitro benzene ring substituents is 1. The number of furan rings is 1. The Morgan fingerprint density at radius 1 is 0.878 bits per heavy atom. The quantitative estimate of drug-likeness (QED) is 0.108. The second-order valence-electron chi connectivity index (χ2n) is 9.42. The minimum Gasteiger partial charge on any atom is -0.452 e. The van der Waals surface area contributed by atoms with E-state index in [1.165, 1.54) is 29.5 Å². The lowest BCUT2D eigenvalue weighted by molar-refractivity contribution is -0.384. The average Bonchev–Trinajstić information content (AvgIpc) is 3.59. The minimum absolute atomic E-state index is 0.0756. The number of pyridine rings is 1. The molecule has 41 heavy (non-hydrogen) atoms. The summed E-state index contributed by atoms with van der Waals surface area (Å²) in [5.74, 6) is 0.784. The molecule has 0 saturated carbocycles. The Kier molecular flexibility index (Phi) is 7.78. The molecule has 3 aromatic carbocycles. The molecule has 1 saturated heterocycles. The van der Waals surface area contributed by atoms with Crippen LogP contribution in [0, 0.1) is 17.0 Å². The Labute approximate surface area is 251 Å². The fourth-order valence-electron chi connectivity index (χ4n) is 4.64. The normalized spacial score (nSPS) is 16.5. The van der Waals surface area contributed by atoms with Gasteiger partial charge in [-0.1, -0.05) is 47.3 Å². The van der Waals surface area contributed by atoms with Crippen molar-refractivity contribution in [1.82, 2.24) is 10.3 Å². The van der Waals surface area contributed by atoms with E-state index in [-0.39, 0.29) is 17.8 Å². The number of aromatic nitrogens is 1. The molecule has 5 aromatic rings. The summed E-state index contributed by atoms with van der Waals surface area (Å²) in [6.07, 6.45) is 1.78. The van der Waals surface area contributed by atoms with Crippen molar-refractivity contribution in [3.8, 4) is 0 Å². The highest BCUT2D eigenvalue weighted by Gasteiger charge is 2.42. The van der Waals surface area contributed by atoms with Crippen LogP contribution in [-0.2, 0) is 0 Å². The third-order valence-electron chi connectivity index (χ3n) is 6.63. The zero-order valence-electron chi connectivity index (χ0n) is 21.8. The molecule has 0 radical (unpaired) electrons. The number of nitrogens with zero attached hydrogens (tertiary/aromatic N) is 3. The van der Waals surface area contributed by atoms with Crippen LogP contribution in [0.15, 0.2) is 134 Å². The molecule has 1 N–H and O–H groups in total. The molecule has 204 valence electrons. The monoisotopic (exact) mass is 596 g/mol. The van der Waals surface area contributed by atoms with Gasteiger partial charge in [-0.25, -0.2) is 0 Å². The molecule has 1 aliphatic rings. The minimum atomic E-state index is -0.395. The second-order valence-corrected chi connectivity index (χ2v) is 12.0. The predicted octanol–water partition coefficient (Wildman–Crippen LogP) is 8.37. The molecule has 2 atom stereocenters. The first-order valence-corrected chi connectivity index (χ1v) is 14.9. The summed E-state index contributed by atoms with van der Waals surface area (Å²) >= 11 is 8.97. The number of hydrogen-bond acceptors (Lipinski definition) is 7. The number of benzene rings is 3. The summed E-state index contributed by atoms with van der Waals surface area (Å²) in [5.41, 5.74) is 3.08. The van der Waals surface area contributed by atoms with Gasteiger partial charge >= 0.3 is 0 Å². The molecule has 0 aliphatic carbocycles. The predicted molar refractivity (Wildman–Crippen MR) is 166 cm³/mol. The molecule has 3 heterocycles. The van der Waals surface area contributed by atoms with Crippen molar-refractivity contribution in [3.63, 3.8) is 0 Å². The Bertz CT molecular complexity index is 1680. The number of non-ortho nitro benzene ring substituents is 1. The molecule has 0 spiro atoms. The van der Waals surface area contributed by atoms with Crippen LogP contribution in [0.1, 0.15) is 29.1 Å². The van der Waals surface area contributed by atoms with Gasteiger partial charge in [-0.05, 0) is 91.9 Å². The fourth-order valence-corrected chi connectivity index (χ4v) is 6.58. The highest BCUT2D eigenvalue weighted by molar-refractivity contribution is 7.99. The first-order valence-electron chi connectivity index (χ1n) is 12.8. The molecule has 0 bridgehead atoms. The van der Waals surface area contributed by atoms with Crippen molar-refractivity contribution in [2.75, 3.05) is 4.90 Å². The highest BCUT2D eigenvalue weighted by atomic mass is 32.2. The van der Waals surface area contributed by atoms with Gasteiger partial charge in [-0.2, -0.15) is 0 Å². The smallest absolute Gasteiger partial charge is 0.269 e. The van der Waals surface area contributed by atoms with Gasteiger partial charge in [0.25, 0.3) is 5.69 Å². The van der Waals surface area contributed by atoms with Gasteiger partial charge in [0.1, 0.15) is 11.8 Å². The van der Waals surface area contributed by atoms with E-state index in [0.717, 1.165) is 36.9 Å². The molecule has 1 fully saturated rings. The number of rotatable bonds is 8. The molecular weight excluding hydrogens is 573 g/mol. The summed E-state index contributed by atoms with van der Waals surface area (Å²) in [4.78, 5) is 20.3. The number of hydrogen-bond donors (Lipinski definition) is 1. The van der Waals surface area contributed by atoms with Crippen LogP contribution in [0.4, 0.5) is 11.4 Å². The number of nitro groups is 1. The van der Waals surface area contributed by atoms with Gasteiger partial charge in [-0.3, -0.25) is 15.1 Å². The average molecular weight is 597 g/mol. The van der Waals surface area contributed by atoms with Crippen molar-refractivity contribution in [2.45, 2.75) is 38.8 Å². The third kappa shape index (κ3) is 6.00. The third-order valence-corrected chi connectivity index (χ3v) is 8.89. The summed E-state index contributed by atoms with van der Waals surface area (Å²) in [7, 11) is 0. The lowest BCUT2D eigenvalue weighted by atomic mass is 10.0. The SMILES string of the molecule is Cc1ccc(Sc2ccc(C3C(c4ccccn4)NC(=S)N3c3ccc(Sc4ccc([N+](=O)[O-])cc4)cc3)o2)cc1. The van der Waals surface area contributed by atoms with Gasteiger partial charge in [0.15, 0.2) is 10.2 Å². The van der Waals surface area contributed by atoms with Gasteiger partial charge < -0.3 is 14.6 Å². The molecule has 2 aromatic heterocycles. The molecule has 10 heteroatoms. The first-order chi connectivity index (χ1) is 19.9. The highest BCUT2D eigenvalue weighted by Crippen LogP contribution is 2.44. The number of nitrogens with one attached hydrogen (secondary N) is 1. The molecule has 2 unspecified atom stereocenters. The maximum atomic E-state index is 11.0. The van der Waals surface area contributed by atoms with Crippen molar-refractivity contribution >= 4 is 52.2 Å². The Morgan fingerprint density at radius 3 is 2.20 bits per heavy atom. The Hall–Kier alpha value is -4.12. The Morgan fingerprint density at radius 2 is 1.54 bits per heavy atom. The molecule has 0 amide bonds. The molecule has 6 rings (SSSR count). The van der Waals surface area contributed by atoms with Crippen LogP contribution >= 0.6 is 35.7 Å². The van der Waals surface area contributed by atoms with Crippen LogP contribution in [0.3, 0.4) is 0 Å². The summed E-state index contributed by atoms with van der Waals surface area (Å²) in [6, 6.07) is 32.4. The van der Waals surface area contributed by atoms with E-state index < -0.39 is 4.92 Å². The second kappa shape index (κ2) is 11.8. The Balaban J connectivity index is 1.28. The van der Waals surface area contributed by atoms with Crippen LogP contribution in [0.2, 0.25) is 0 Å². The van der Waals surface area contributed by atoms with E-state index in [2.05, 4.69) is 46.4 Å².